The van der Waals surface area contributed by atoms with E-state index in [1.807, 2.05) is 0 Å². The summed E-state index contributed by atoms with van der Waals surface area (Å²) < 4.78 is 10.8. The number of nitrogens with one attached hydrogen (secondary N) is 4. The van der Waals surface area contributed by atoms with Crippen molar-refractivity contribution < 1.29 is 38.2 Å². The van der Waals surface area contributed by atoms with E-state index >= 15 is 0 Å². The molecule has 1 spiro atoms. The van der Waals surface area contributed by atoms with Crippen molar-refractivity contribution in [1.82, 2.24) is 21.3 Å². The van der Waals surface area contributed by atoms with Crippen molar-refractivity contribution in [2.75, 3.05) is 18.1 Å². The summed E-state index contributed by atoms with van der Waals surface area (Å²) in [5.41, 5.74) is -1.88. The fourth-order valence-corrected chi connectivity index (χ4v) is 6.05. The molecule has 4 N–H and O–H groups in total. The largest absolute Gasteiger partial charge is 0.460 e. The van der Waals surface area contributed by atoms with Crippen molar-refractivity contribution in [3.8, 4) is 0 Å². The van der Waals surface area contributed by atoms with Crippen LogP contribution in [0.2, 0.25) is 0 Å². The Bertz CT molecular complexity index is 1010. The molecule has 12 nitrogen and oxygen atoms in total. The van der Waals surface area contributed by atoms with Crippen LogP contribution in [0.3, 0.4) is 0 Å². The quantitative estimate of drug-likeness (QED) is 0.208. The molecular formula is C25H36N4O8S2. The Morgan fingerprint density at radius 3 is 2.54 bits per heavy atom. The van der Waals surface area contributed by atoms with Gasteiger partial charge in [0.2, 0.25) is 23.6 Å². The zero-order valence-corrected chi connectivity index (χ0v) is 24.0. The standard InChI is InChI=1S/C25H36N4O8S2/c1-24(2,3)37-19(31)8-7-16-21(33)28-17-14-39-38-11-5-4-6-15(12-18(30)27-16)36-20(32)13-26-23(35)25(9-10-25)29-22(17)34/h4,6,15-17H,5,7-14H2,1-3H3,(H,26,35)(H,27,30)(H,28,33)(H,29,34)/t15-,16-,17-/m1/s1. The Hall–Kier alpha value is -2.74. The van der Waals surface area contributed by atoms with Crippen molar-refractivity contribution in [2.24, 2.45) is 0 Å². The third-order valence-electron chi connectivity index (χ3n) is 5.99. The molecule has 4 amide bonds. The van der Waals surface area contributed by atoms with Crippen molar-refractivity contribution in [3.63, 3.8) is 0 Å². The summed E-state index contributed by atoms with van der Waals surface area (Å²) >= 11 is 0. The maximum absolute atomic E-state index is 13.3. The minimum absolute atomic E-state index is 0.0741. The van der Waals surface area contributed by atoms with Crippen LogP contribution in [0, 0.1) is 0 Å². The predicted octanol–water partition coefficient (Wildman–Crippen LogP) is 0.500. The van der Waals surface area contributed by atoms with E-state index in [2.05, 4.69) is 21.3 Å². The summed E-state index contributed by atoms with van der Waals surface area (Å²) in [7, 11) is 2.89. The number of ether oxygens (including phenoxy) is 2. The van der Waals surface area contributed by atoms with E-state index in [0.717, 1.165) is 0 Å². The number of fused-ring (bicyclic) bond motifs is 7. The number of hydrogen-bond donors (Lipinski definition) is 4. The van der Waals surface area contributed by atoms with Gasteiger partial charge >= 0.3 is 11.9 Å². The number of allylic oxidation sites excluding steroid dienone is 1. The summed E-state index contributed by atoms with van der Waals surface area (Å²) in [5.74, 6) is -2.71. The van der Waals surface area contributed by atoms with Gasteiger partial charge in [0, 0.05) is 17.9 Å². The highest BCUT2D eigenvalue weighted by Crippen LogP contribution is 2.36. The average molecular weight is 585 g/mol. The third-order valence-corrected chi connectivity index (χ3v) is 8.43. The Morgan fingerprint density at radius 2 is 1.85 bits per heavy atom. The van der Waals surface area contributed by atoms with Gasteiger partial charge in [-0.15, -0.1) is 0 Å². The van der Waals surface area contributed by atoms with Crippen LogP contribution >= 0.6 is 21.6 Å². The van der Waals surface area contributed by atoms with E-state index in [0.29, 0.717) is 25.0 Å². The molecule has 3 rings (SSSR count). The summed E-state index contributed by atoms with van der Waals surface area (Å²) in [6.07, 6.45) is 3.37. The Kier molecular flexibility index (Phi) is 10.7. The fourth-order valence-electron chi connectivity index (χ4n) is 3.89. The van der Waals surface area contributed by atoms with E-state index in [4.69, 9.17) is 9.47 Å². The van der Waals surface area contributed by atoms with E-state index in [9.17, 15) is 28.8 Å². The number of hydrogen-bond acceptors (Lipinski definition) is 10. The van der Waals surface area contributed by atoms with Gasteiger partial charge in [-0.25, -0.2) is 0 Å². The average Bonchev–Trinajstić information content (AvgIpc) is 3.61. The smallest absolute Gasteiger partial charge is 0.326 e. The molecule has 216 valence electrons. The first-order chi connectivity index (χ1) is 18.4. The maximum Gasteiger partial charge on any atom is 0.326 e. The second kappa shape index (κ2) is 13.6. The van der Waals surface area contributed by atoms with Gasteiger partial charge in [-0.2, -0.15) is 0 Å². The van der Waals surface area contributed by atoms with Crippen molar-refractivity contribution in [2.45, 2.75) is 88.6 Å². The van der Waals surface area contributed by atoms with Crippen LogP contribution in [0.5, 0.6) is 0 Å². The van der Waals surface area contributed by atoms with Crippen LogP contribution in [0.1, 0.15) is 59.3 Å². The lowest BCUT2D eigenvalue weighted by atomic mass is 10.1. The molecule has 2 bridgehead atoms. The minimum atomic E-state index is -1.16. The summed E-state index contributed by atoms with van der Waals surface area (Å²) in [4.78, 5) is 77.1. The van der Waals surface area contributed by atoms with Crippen molar-refractivity contribution >= 4 is 57.2 Å². The molecule has 2 fully saturated rings. The number of carbonyl (C=O) groups excluding carboxylic acids is 6. The number of amides is 4. The first-order valence-corrected chi connectivity index (χ1v) is 15.4. The van der Waals surface area contributed by atoms with Gasteiger partial charge in [0.1, 0.15) is 35.9 Å². The van der Waals surface area contributed by atoms with Crippen LogP contribution in [-0.4, -0.2) is 82.9 Å². The number of rotatable bonds is 3. The predicted molar refractivity (Wildman–Crippen MR) is 145 cm³/mol. The lowest BCUT2D eigenvalue weighted by Gasteiger charge is -2.26. The molecule has 0 radical (unpaired) electrons. The van der Waals surface area contributed by atoms with Gasteiger partial charge in [-0.3, -0.25) is 28.8 Å². The molecule has 2 heterocycles. The molecule has 3 aliphatic rings. The Labute approximate surface area is 235 Å². The third kappa shape index (κ3) is 10.1. The van der Waals surface area contributed by atoms with Gasteiger partial charge in [0.05, 0.1) is 6.42 Å². The van der Waals surface area contributed by atoms with E-state index in [-0.39, 0.29) is 25.0 Å². The van der Waals surface area contributed by atoms with E-state index in [1.165, 1.54) is 21.6 Å². The SMILES string of the molecule is CC(C)(C)OC(=O)CC[C@H]1NC(=O)C[C@H]2C=CCCSSC[C@@H](NC1=O)C(=O)NC1(CC1)C(=O)NCC(=O)O2. The molecule has 1 aliphatic carbocycles. The molecule has 1 saturated carbocycles. The molecule has 2 aliphatic heterocycles. The van der Waals surface area contributed by atoms with Gasteiger partial charge in [0.15, 0.2) is 0 Å². The first kappa shape index (κ1) is 30.8. The minimum Gasteiger partial charge on any atom is -0.460 e. The highest BCUT2D eigenvalue weighted by atomic mass is 33.1. The second-order valence-corrected chi connectivity index (χ2v) is 13.2. The summed E-state index contributed by atoms with van der Waals surface area (Å²) in [5, 5.41) is 10.5. The molecule has 1 saturated heterocycles. The summed E-state index contributed by atoms with van der Waals surface area (Å²) in [6.45, 7) is 4.74. The first-order valence-electron chi connectivity index (χ1n) is 12.9. The highest BCUT2D eigenvalue weighted by Gasteiger charge is 2.52. The van der Waals surface area contributed by atoms with Crippen LogP contribution in [-0.2, 0) is 38.2 Å². The van der Waals surface area contributed by atoms with Gasteiger partial charge in [-0.1, -0.05) is 27.7 Å². The Balaban J connectivity index is 1.89. The highest BCUT2D eigenvalue weighted by molar-refractivity contribution is 8.76. The second-order valence-electron chi connectivity index (χ2n) is 10.6. The molecule has 39 heavy (non-hydrogen) atoms. The molecule has 3 atom stereocenters. The lowest BCUT2D eigenvalue weighted by molar-refractivity contribution is -0.155. The number of carbonyl (C=O) groups is 6. The van der Waals surface area contributed by atoms with Crippen LogP contribution < -0.4 is 21.3 Å². The van der Waals surface area contributed by atoms with Gasteiger partial charge in [0.25, 0.3) is 0 Å². The van der Waals surface area contributed by atoms with Crippen LogP contribution in [0.15, 0.2) is 12.2 Å². The monoisotopic (exact) mass is 584 g/mol. The topological polar surface area (TPSA) is 169 Å². The molecule has 0 aromatic carbocycles. The van der Waals surface area contributed by atoms with Crippen molar-refractivity contribution in [1.29, 1.82) is 0 Å². The lowest BCUT2D eigenvalue weighted by Crippen LogP contribution is -2.59. The fraction of sp³-hybridized carbons (Fsp3) is 0.680. The van der Waals surface area contributed by atoms with Gasteiger partial charge < -0.3 is 30.7 Å². The summed E-state index contributed by atoms with van der Waals surface area (Å²) in [6, 6.07) is -2.16. The van der Waals surface area contributed by atoms with Crippen LogP contribution in [0.4, 0.5) is 0 Å². The zero-order chi connectivity index (χ0) is 28.6. The molecule has 14 heteroatoms. The number of esters is 2. The molecular weight excluding hydrogens is 548 g/mol. The van der Waals surface area contributed by atoms with Crippen LogP contribution in [0.25, 0.3) is 0 Å². The molecule has 0 aromatic rings. The molecule has 0 aromatic heterocycles. The van der Waals surface area contributed by atoms with Crippen molar-refractivity contribution in [3.05, 3.63) is 12.2 Å². The van der Waals surface area contributed by atoms with Gasteiger partial charge in [-0.05, 0) is 52.5 Å². The Morgan fingerprint density at radius 1 is 1.10 bits per heavy atom. The normalized spacial score (nSPS) is 26.8. The maximum atomic E-state index is 13.3. The molecule has 0 unspecified atom stereocenters. The zero-order valence-electron chi connectivity index (χ0n) is 22.3. The van der Waals surface area contributed by atoms with E-state index < -0.39 is 71.4 Å². The van der Waals surface area contributed by atoms with E-state index in [1.54, 1.807) is 32.9 Å².